The Labute approximate surface area is 187 Å². The highest BCUT2D eigenvalue weighted by Gasteiger charge is 2.26. The summed E-state index contributed by atoms with van der Waals surface area (Å²) in [6.07, 6.45) is 1.89. The molecular weight excluding hydrogens is 413 g/mol. The number of benzene rings is 2. The fraction of sp³-hybridized carbons (Fsp3) is 0.458. The Kier molecular flexibility index (Phi) is 7.12. The van der Waals surface area contributed by atoms with Gasteiger partial charge in [-0.05, 0) is 75.2 Å². The van der Waals surface area contributed by atoms with Gasteiger partial charge >= 0.3 is 0 Å². The van der Waals surface area contributed by atoms with Crippen LogP contribution in [0.2, 0.25) is 0 Å². The number of oxazole rings is 1. The van der Waals surface area contributed by atoms with E-state index in [9.17, 15) is 9.50 Å². The molecule has 0 unspecified atom stereocenters. The summed E-state index contributed by atoms with van der Waals surface area (Å²) >= 11 is 0. The molecule has 32 heavy (non-hydrogen) atoms. The molecule has 0 saturated carbocycles. The molecule has 0 spiro atoms. The molecule has 2 heterocycles. The molecule has 8 heteroatoms. The van der Waals surface area contributed by atoms with Gasteiger partial charge in [-0.2, -0.15) is 9.37 Å². The number of aromatic nitrogens is 1. The van der Waals surface area contributed by atoms with Crippen LogP contribution < -0.4 is 19.7 Å². The van der Waals surface area contributed by atoms with Gasteiger partial charge in [0.25, 0.3) is 6.01 Å². The molecule has 1 aliphatic rings. The fourth-order valence-electron chi connectivity index (χ4n) is 4.09. The van der Waals surface area contributed by atoms with E-state index in [4.69, 9.17) is 18.9 Å². The molecular formula is C24H30FN3O4. The van der Waals surface area contributed by atoms with E-state index in [-0.39, 0.29) is 24.1 Å². The summed E-state index contributed by atoms with van der Waals surface area (Å²) in [7, 11) is 0. The average molecular weight is 444 g/mol. The quantitative estimate of drug-likeness (QED) is 0.517. The maximum atomic E-state index is 14.7. The van der Waals surface area contributed by atoms with Crippen molar-refractivity contribution in [2.75, 3.05) is 31.2 Å². The van der Waals surface area contributed by atoms with Crippen molar-refractivity contribution in [3.8, 4) is 11.5 Å². The van der Waals surface area contributed by atoms with E-state index in [2.05, 4.69) is 10.2 Å². The Morgan fingerprint density at radius 1 is 1.09 bits per heavy atom. The number of hydrogen-bond donors (Lipinski definition) is 2. The summed E-state index contributed by atoms with van der Waals surface area (Å²) in [6, 6.07) is 9.68. The normalized spacial score (nSPS) is 14.6. The number of halogens is 1. The van der Waals surface area contributed by atoms with Crippen LogP contribution in [-0.4, -0.2) is 42.4 Å². The number of fused-ring (bicyclic) bond motifs is 1. The lowest BCUT2D eigenvalue weighted by atomic mass is 10.0. The highest BCUT2D eigenvalue weighted by molar-refractivity contribution is 5.75. The van der Waals surface area contributed by atoms with Crippen LogP contribution in [0.1, 0.15) is 37.8 Å². The van der Waals surface area contributed by atoms with Crippen molar-refractivity contribution < 1.29 is 23.4 Å². The van der Waals surface area contributed by atoms with Crippen LogP contribution >= 0.6 is 0 Å². The molecule has 0 bridgehead atoms. The van der Waals surface area contributed by atoms with Gasteiger partial charge in [0.05, 0.1) is 19.8 Å². The average Bonchev–Trinajstić information content (AvgIpc) is 3.24. The Morgan fingerprint density at radius 3 is 2.41 bits per heavy atom. The zero-order valence-electron chi connectivity index (χ0n) is 18.6. The van der Waals surface area contributed by atoms with Gasteiger partial charge in [0.1, 0.15) is 5.52 Å². The summed E-state index contributed by atoms with van der Waals surface area (Å²) in [5, 5.41) is 12.8. The minimum absolute atomic E-state index is 0.0495. The molecule has 3 aromatic rings. The molecule has 0 amide bonds. The van der Waals surface area contributed by atoms with E-state index in [1.54, 1.807) is 12.1 Å². The molecule has 7 nitrogen and oxygen atoms in total. The van der Waals surface area contributed by atoms with E-state index >= 15 is 0 Å². The van der Waals surface area contributed by atoms with Crippen molar-refractivity contribution in [2.45, 2.75) is 45.9 Å². The summed E-state index contributed by atoms with van der Waals surface area (Å²) in [5.41, 5.74) is 3.01. The lowest BCUT2D eigenvalue weighted by Crippen LogP contribution is -2.43. The molecule has 172 valence electrons. The number of piperidine rings is 1. The first-order chi connectivity index (χ1) is 15.6. The molecule has 0 atom stereocenters. The topological polar surface area (TPSA) is 80.0 Å². The van der Waals surface area contributed by atoms with Gasteiger partial charge in [-0.1, -0.05) is 6.07 Å². The number of aliphatic hydroxyl groups excluding tert-OH is 1. The highest BCUT2D eigenvalue weighted by atomic mass is 19.1. The second-order valence-electron chi connectivity index (χ2n) is 7.84. The predicted molar refractivity (Wildman–Crippen MR) is 121 cm³/mol. The van der Waals surface area contributed by atoms with Crippen LogP contribution in [0, 0.1) is 5.82 Å². The van der Waals surface area contributed by atoms with Crippen LogP contribution in [0.4, 0.5) is 10.4 Å². The lowest BCUT2D eigenvalue weighted by molar-refractivity contribution is 0.282. The minimum atomic E-state index is -0.482. The van der Waals surface area contributed by atoms with Gasteiger partial charge in [0, 0.05) is 12.6 Å². The van der Waals surface area contributed by atoms with Gasteiger partial charge in [0.2, 0.25) is 5.82 Å². The molecule has 0 radical (unpaired) electrons. The van der Waals surface area contributed by atoms with E-state index in [1.165, 1.54) is 0 Å². The molecule has 2 aromatic carbocycles. The van der Waals surface area contributed by atoms with Crippen LogP contribution in [0.25, 0.3) is 11.1 Å². The van der Waals surface area contributed by atoms with Crippen LogP contribution in [0.5, 0.6) is 11.5 Å². The SMILES string of the molecule is CCOc1cc(CN(c2nc3cc(CO)ccc3o2)C2CCNCC2)cc(OCC)c1F. The van der Waals surface area contributed by atoms with Crippen molar-refractivity contribution in [3.63, 3.8) is 0 Å². The van der Waals surface area contributed by atoms with Gasteiger partial charge < -0.3 is 29.2 Å². The third-order valence-electron chi connectivity index (χ3n) is 5.64. The summed E-state index contributed by atoms with van der Waals surface area (Å²) < 4.78 is 31.9. The summed E-state index contributed by atoms with van der Waals surface area (Å²) in [4.78, 5) is 6.86. The first kappa shape index (κ1) is 22.4. The first-order valence-electron chi connectivity index (χ1n) is 11.2. The number of hydrogen-bond acceptors (Lipinski definition) is 7. The van der Waals surface area contributed by atoms with Gasteiger partial charge in [0.15, 0.2) is 17.1 Å². The lowest BCUT2D eigenvalue weighted by Gasteiger charge is -2.33. The molecule has 1 fully saturated rings. The van der Waals surface area contributed by atoms with Gasteiger partial charge in [-0.3, -0.25) is 0 Å². The standard InChI is InChI=1S/C24H30FN3O4/c1-3-30-21-12-17(13-22(23(21)25)31-4-2)14-28(18-7-9-26-10-8-18)24-27-19-11-16(15-29)5-6-20(19)32-24/h5-6,11-13,18,26,29H,3-4,7-10,14-15H2,1-2H3. The highest BCUT2D eigenvalue weighted by Crippen LogP contribution is 2.33. The third-order valence-corrected chi connectivity index (χ3v) is 5.64. The Balaban J connectivity index is 1.71. The zero-order valence-corrected chi connectivity index (χ0v) is 18.6. The fourth-order valence-corrected chi connectivity index (χ4v) is 4.09. The van der Waals surface area contributed by atoms with Crippen molar-refractivity contribution in [1.29, 1.82) is 0 Å². The maximum Gasteiger partial charge on any atom is 0.298 e. The number of ether oxygens (including phenoxy) is 2. The van der Waals surface area contributed by atoms with Gasteiger partial charge in [-0.25, -0.2) is 0 Å². The Bertz CT molecular complexity index is 1020. The maximum absolute atomic E-state index is 14.7. The van der Waals surface area contributed by atoms with Crippen LogP contribution in [-0.2, 0) is 13.2 Å². The van der Waals surface area contributed by atoms with E-state index in [1.807, 2.05) is 32.0 Å². The largest absolute Gasteiger partial charge is 0.491 e. The molecule has 1 aromatic heterocycles. The van der Waals surface area contributed by atoms with Crippen LogP contribution in [0.3, 0.4) is 0 Å². The number of nitrogens with one attached hydrogen (secondary N) is 1. The number of rotatable bonds is 9. The van der Waals surface area contributed by atoms with E-state index in [0.717, 1.165) is 37.1 Å². The smallest absolute Gasteiger partial charge is 0.298 e. The number of nitrogens with zero attached hydrogens (tertiary/aromatic N) is 2. The predicted octanol–water partition coefficient (Wildman–Crippen LogP) is 4.02. The van der Waals surface area contributed by atoms with E-state index in [0.29, 0.717) is 36.9 Å². The molecule has 0 aliphatic carbocycles. The Morgan fingerprint density at radius 2 is 1.78 bits per heavy atom. The Hall–Kier alpha value is -2.84. The van der Waals surface area contributed by atoms with Crippen molar-refractivity contribution in [2.24, 2.45) is 0 Å². The van der Waals surface area contributed by atoms with E-state index < -0.39 is 5.82 Å². The first-order valence-corrected chi connectivity index (χ1v) is 11.2. The summed E-state index contributed by atoms with van der Waals surface area (Å²) in [6.45, 7) is 6.63. The molecule has 1 saturated heterocycles. The van der Waals surface area contributed by atoms with Crippen molar-refractivity contribution in [3.05, 3.63) is 47.3 Å². The number of anilines is 1. The molecule has 4 rings (SSSR count). The zero-order chi connectivity index (χ0) is 22.5. The molecule has 2 N–H and O–H groups in total. The third kappa shape index (κ3) is 4.81. The van der Waals surface area contributed by atoms with Gasteiger partial charge in [-0.15, -0.1) is 0 Å². The van der Waals surface area contributed by atoms with Crippen molar-refractivity contribution >= 4 is 17.1 Å². The van der Waals surface area contributed by atoms with Crippen LogP contribution in [0.15, 0.2) is 34.7 Å². The second kappa shape index (κ2) is 10.2. The number of aliphatic hydroxyl groups is 1. The molecule has 1 aliphatic heterocycles. The minimum Gasteiger partial charge on any atom is -0.491 e. The second-order valence-corrected chi connectivity index (χ2v) is 7.84. The van der Waals surface area contributed by atoms with Crippen molar-refractivity contribution in [1.82, 2.24) is 10.3 Å². The monoisotopic (exact) mass is 443 g/mol. The summed E-state index contributed by atoms with van der Waals surface area (Å²) in [5.74, 6) is -0.114.